The number of hydrogen-bond donors (Lipinski definition) is 1. The summed E-state index contributed by atoms with van der Waals surface area (Å²) >= 11 is 0. The van der Waals surface area contributed by atoms with E-state index in [1.165, 1.54) is 11.1 Å². The molecule has 0 aliphatic rings. The number of carbonyl (C=O) groups is 1. The Kier molecular flexibility index (Phi) is 3.81. The zero-order valence-corrected chi connectivity index (χ0v) is 9.15. The number of amides is 1. The number of nitrogen functional groups attached to an aromatic ring is 1. The van der Waals surface area contributed by atoms with Gasteiger partial charge in [0.25, 0.3) is 12.3 Å². The van der Waals surface area contributed by atoms with Crippen LogP contribution < -0.4 is 5.73 Å². The average molecular weight is 232 g/mol. The van der Waals surface area contributed by atoms with Gasteiger partial charge in [-0.1, -0.05) is 0 Å². The molecule has 0 bridgehead atoms. The van der Waals surface area contributed by atoms with Crippen molar-refractivity contribution in [2.24, 2.45) is 0 Å². The molecule has 0 spiro atoms. The maximum atomic E-state index is 12.1. The largest absolute Gasteiger partial charge is 0.382 e. The van der Waals surface area contributed by atoms with E-state index in [2.05, 4.69) is 5.10 Å². The van der Waals surface area contributed by atoms with Gasteiger partial charge in [-0.15, -0.1) is 0 Å². The minimum Gasteiger partial charge on any atom is -0.382 e. The van der Waals surface area contributed by atoms with Crippen LogP contribution in [0.3, 0.4) is 0 Å². The number of hydrogen-bond acceptors (Lipinski definition) is 3. The second-order valence-electron chi connectivity index (χ2n) is 3.36. The normalized spacial score (nSPS) is 10.8. The van der Waals surface area contributed by atoms with Gasteiger partial charge >= 0.3 is 0 Å². The van der Waals surface area contributed by atoms with Crippen molar-refractivity contribution in [3.8, 4) is 0 Å². The summed E-state index contributed by atoms with van der Waals surface area (Å²) in [7, 11) is 1.60. The van der Waals surface area contributed by atoms with Crippen LogP contribution >= 0.6 is 0 Å². The van der Waals surface area contributed by atoms with E-state index in [-0.39, 0.29) is 17.3 Å². The zero-order valence-electron chi connectivity index (χ0n) is 9.15. The van der Waals surface area contributed by atoms with Crippen molar-refractivity contribution >= 4 is 11.7 Å². The minimum absolute atomic E-state index is 0.0223. The summed E-state index contributed by atoms with van der Waals surface area (Å²) in [6.07, 6.45) is -1.28. The SMILES string of the molecule is CCN(C)C(=O)c1cn(CC(F)F)nc1N. The first-order valence-corrected chi connectivity index (χ1v) is 4.82. The number of nitrogens with two attached hydrogens (primary N) is 1. The molecular formula is C9H14F2N4O. The molecule has 0 aliphatic carbocycles. The predicted octanol–water partition coefficient (Wildman–Crippen LogP) is 0.822. The third-order valence-corrected chi connectivity index (χ3v) is 2.17. The van der Waals surface area contributed by atoms with Gasteiger partial charge in [-0.3, -0.25) is 9.48 Å². The predicted molar refractivity (Wildman–Crippen MR) is 55.3 cm³/mol. The summed E-state index contributed by atoms with van der Waals surface area (Å²) in [6.45, 7) is 1.75. The van der Waals surface area contributed by atoms with Crippen LogP contribution in [0.4, 0.5) is 14.6 Å². The Balaban J connectivity index is 2.89. The molecule has 0 aromatic carbocycles. The lowest BCUT2D eigenvalue weighted by Gasteiger charge is -2.12. The summed E-state index contributed by atoms with van der Waals surface area (Å²) in [5, 5.41) is 3.66. The molecule has 1 aromatic heterocycles. The second kappa shape index (κ2) is 4.91. The molecule has 16 heavy (non-hydrogen) atoms. The summed E-state index contributed by atoms with van der Waals surface area (Å²) in [5.41, 5.74) is 5.64. The van der Waals surface area contributed by atoms with Crippen LogP contribution in [-0.4, -0.2) is 40.6 Å². The Morgan fingerprint density at radius 1 is 1.69 bits per heavy atom. The Morgan fingerprint density at radius 2 is 2.31 bits per heavy atom. The van der Waals surface area contributed by atoms with Crippen molar-refractivity contribution in [3.05, 3.63) is 11.8 Å². The van der Waals surface area contributed by atoms with E-state index in [1.54, 1.807) is 14.0 Å². The molecule has 7 heteroatoms. The second-order valence-corrected chi connectivity index (χ2v) is 3.36. The molecule has 90 valence electrons. The first-order chi connectivity index (χ1) is 7.45. The lowest BCUT2D eigenvalue weighted by molar-refractivity contribution is 0.0802. The number of carbonyl (C=O) groups excluding carboxylic acids is 1. The van der Waals surface area contributed by atoms with Crippen LogP contribution in [0.2, 0.25) is 0 Å². The van der Waals surface area contributed by atoms with Gasteiger partial charge in [0.2, 0.25) is 0 Å². The first kappa shape index (κ1) is 12.4. The lowest BCUT2D eigenvalue weighted by Crippen LogP contribution is -2.26. The molecule has 1 heterocycles. The number of rotatable bonds is 4. The van der Waals surface area contributed by atoms with Crippen LogP contribution in [0.25, 0.3) is 0 Å². The highest BCUT2D eigenvalue weighted by Gasteiger charge is 2.18. The van der Waals surface area contributed by atoms with Crippen molar-refractivity contribution < 1.29 is 13.6 Å². The fraction of sp³-hybridized carbons (Fsp3) is 0.556. The van der Waals surface area contributed by atoms with Crippen LogP contribution in [0.5, 0.6) is 0 Å². The molecule has 0 aliphatic heterocycles. The third-order valence-electron chi connectivity index (χ3n) is 2.17. The smallest absolute Gasteiger partial charge is 0.258 e. The van der Waals surface area contributed by atoms with Gasteiger partial charge in [0.15, 0.2) is 5.82 Å². The fourth-order valence-corrected chi connectivity index (χ4v) is 1.19. The average Bonchev–Trinajstić information content (AvgIpc) is 2.56. The van der Waals surface area contributed by atoms with E-state index < -0.39 is 13.0 Å². The summed E-state index contributed by atoms with van der Waals surface area (Å²) in [4.78, 5) is 13.1. The number of nitrogens with zero attached hydrogens (tertiary/aromatic N) is 3. The maximum Gasteiger partial charge on any atom is 0.258 e. The Bertz CT molecular complexity index is 378. The number of alkyl halides is 2. The molecule has 0 radical (unpaired) electrons. The van der Waals surface area contributed by atoms with Crippen molar-refractivity contribution in [1.29, 1.82) is 0 Å². The van der Waals surface area contributed by atoms with Crippen molar-refractivity contribution in [1.82, 2.24) is 14.7 Å². The molecule has 2 N–H and O–H groups in total. The van der Waals surface area contributed by atoms with E-state index in [0.29, 0.717) is 6.54 Å². The zero-order chi connectivity index (χ0) is 12.3. The van der Waals surface area contributed by atoms with Gasteiger partial charge in [0.05, 0.1) is 0 Å². The Morgan fingerprint density at radius 3 is 2.81 bits per heavy atom. The molecule has 0 atom stereocenters. The Hall–Kier alpha value is -1.66. The van der Waals surface area contributed by atoms with E-state index in [1.807, 2.05) is 0 Å². The highest BCUT2D eigenvalue weighted by Crippen LogP contribution is 2.12. The summed E-state index contributed by atoms with van der Waals surface area (Å²) in [6, 6.07) is 0. The molecule has 0 saturated carbocycles. The molecule has 1 aromatic rings. The number of halogens is 2. The molecule has 0 unspecified atom stereocenters. The summed E-state index contributed by atoms with van der Waals surface area (Å²) < 4.78 is 25.2. The molecule has 0 fully saturated rings. The van der Waals surface area contributed by atoms with Gasteiger partial charge in [-0.2, -0.15) is 5.10 Å². The van der Waals surface area contributed by atoms with Crippen LogP contribution in [0.15, 0.2) is 6.20 Å². The van der Waals surface area contributed by atoms with E-state index in [0.717, 1.165) is 4.68 Å². The monoisotopic (exact) mass is 232 g/mol. The molecular weight excluding hydrogens is 218 g/mol. The number of aromatic nitrogens is 2. The highest BCUT2D eigenvalue weighted by molar-refractivity contribution is 5.97. The van der Waals surface area contributed by atoms with E-state index >= 15 is 0 Å². The highest BCUT2D eigenvalue weighted by atomic mass is 19.3. The van der Waals surface area contributed by atoms with Gasteiger partial charge in [0, 0.05) is 19.8 Å². The number of anilines is 1. The molecule has 1 rings (SSSR count). The van der Waals surface area contributed by atoms with Crippen LogP contribution in [-0.2, 0) is 6.54 Å². The van der Waals surface area contributed by atoms with Crippen LogP contribution in [0, 0.1) is 0 Å². The standard InChI is InChI=1S/C9H14F2N4O/c1-3-14(2)9(16)6-4-15(5-7(10)11)13-8(6)12/h4,7H,3,5H2,1-2H3,(H2,12,13). The topological polar surface area (TPSA) is 64.2 Å². The van der Waals surface area contributed by atoms with Gasteiger partial charge in [-0.05, 0) is 6.92 Å². The molecule has 5 nitrogen and oxygen atoms in total. The third kappa shape index (κ3) is 2.68. The first-order valence-electron chi connectivity index (χ1n) is 4.82. The quantitative estimate of drug-likeness (QED) is 0.836. The minimum atomic E-state index is -2.52. The van der Waals surface area contributed by atoms with E-state index in [4.69, 9.17) is 5.73 Å². The Labute approximate surface area is 91.8 Å². The van der Waals surface area contributed by atoms with Gasteiger partial charge < -0.3 is 10.6 Å². The van der Waals surface area contributed by atoms with Crippen molar-refractivity contribution in [3.63, 3.8) is 0 Å². The molecule has 1 amide bonds. The van der Waals surface area contributed by atoms with E-state index in [9.17, 15) is 13.6 Å². The van der Waals surface area contributed by atoms with Crippen LogP contribution in [0.1, 0.15) is 17.3 Å². The van der Waals surface area contributed by atoms with Crippen molar-refractivity contribution in [2.75, 3.05) is 19.3 Å². The van der Waals surface area contributed by atoms with Gasteiger partial charge in [-0.25, -0.2) is 8.78 Å². The lowest BCUT2D eigenvalue weighted by atomic mass is 10.3. The molecule has 0 saturated heterocycles. The summed E-state index contributed by atoms with van der Waals surface area (Å²) in [5.74, 6) is -0.341. The maximum absolute atomic E-state index is 12.1. The van der Waals surface area contributed by atoms with Crippen molar-refractivity contribution in [2.45, 2.75) is 19.9 Å². The fourth-order valence-electron chi connectivity index (χ4n) is 1.19. The van der Waals surface area contributed by atoms with Gasteiger partial charge in [0.1, 0.15) is 12.1 Å².